The minimum atomic E-state index is 0.000746. The lowest BCUT2D eigenvalue weighted by atomic mass is 9.97. The SMILES string of the molecule is CN1CCC(=NC(c2ccccc2)c2ccccc2N)CC1. The van der Waals surface area contributed by atoms with E-state index >= 15 is 0 Å². The first-order valence-corrected chi connectivity index (χ1v) is 7.87. The second kappa shape index (κ2) is 6.75. The number of benzene rings is 2. The Kier molecular flexibility index (Phi) is 4.54. The first-order chi connectivity index (χ1) is 10.7. The van der Waals surface area contributed by atoms with Crippen LogP contribution in [0.25, 0.3) is 0 Å². The van der Waals surface area contributed by atoms with Crippen LogP contribution in [0.5, 0.6) is 0 Å². The van der Waals surface area contributed by atoms with E-state index < -0.39 is 0 Å². The fourth-order valence-corrected chi connectivity index (χ4v) is 2.91. The molecule has 1 saturated heterocycles. The summed E-state index contributed by atoms with van der Waals surface area (Å²) in [6, 6.07) is 18.5. The Morgan fingerprint density at radius 2 is 1.59 bits per heavy atom. The molecule has 22 heavy (non-hydrogen) atoms. The van der Waals surface area contributed by atoms with Gasteiger partial charge in [-0.25, -0.2) is 0 Å². The number of piperidine rings is 1. The van der Waals surface area contributed by atoms with E-state index in [1.54, 1.807) is 0 Å². The lowest BCUT2D eigenvalue weighted by molar-refractivity contribution is 0.335. The molecule has 3 heteroatoms. The summed E-state index contributed by atoms with van der Waals surface area (Å²) in [7, 11) is 2.17. The van der Waals surface area contributed by atoms with Gasteiger partial charge in [-0.1, -0.05) is 48.5 Å². The zero-order valence-electron chi connectivity index (χ0n) is 13.1. The average molecular weight is 293 g/mol. The van der Waals surface area contributed by atoms with Crippen LogP contribution in [0, 0.1) is 0 Å². The largest absolute Gasteiger partial charge is 0.398 e. The summed E-state index contributed by atoms with van der Waals surface area (Å²) in [5.74, 6) is 0. The number of nitrogens with two attached hydrogens (primary N) is 1. The van der Waals surface area contributed by atoms with Crippen LogP contribution in [-0.2, 0) is 0 Å². The minimum Gasteiger partial charge on any atom is -0.398 e. The number of likely N-dealkylation sites (tertiary alicyclic amines) is 1. The van der Waals surface area contributed by atoms with Crippen molar-refractivity contribution in [2.45, 2.75) is 18.9 Å². The van der Waals surface area contributed by atoms with Crippen molar-refractivity contribution >= 4 is 11.4 Å². The molecule has 0 bridgehead atoms. The van der Waals surface area contributed by atoms with Gasteiger partial charge < -0.3 is 10.6 Å². The van der Waals surface area contributed by atoms with Gasteiger partial charge in [-0.2, -0.15) is 0 Å². The number of nitrogens with zero attached hydrogens (tertiary/aromatic N) is 2. The molecule has 1 heterocycles. The summed E-state index contributed by atoms with van der Waals surface area (Å²) in [5, 5.41) is 0. The van der Waals surface area contributed by atoms with Gasteiger partial charge in [0.05, 0.1) is 0 Å². The molecule has 1 fully saturated rings. The van der Waals surface area contributed by atoms with Crippen molar-refractivity contribution in [3.05, 3.63) is 65.7 Å². The molecule has 1 unspecified atom stereocenters. The molecule has 1 aliphatic rings. The Bertz CT molecular complexity index is 639. The highest BCUT2D eigenvalue weighted by Crippen LogP contribution is 2.31. The number of para-hydroxylation sites is 1. The lowest BCUT2D eigenvalue weighted by Crippen LogP contribution is -2.30. The van der Waals surface area contributed by atoms with Crippen LogP contribution in [0.1, 0.15) is 30.0 Å². The van der Waals surface area contributed by atoms with Crippen molar-refractivity contribution < 1.29 is 0 Å². The van der Waals surface area contributed by atoms with E-state index in [-0.39, 0.29) is 6.04 Å². The number of rotatable bonds is 3. The Morgan fingerprint density at radius 3 is 2.27 bits per heavy atom. The second-order valence-electron chi connectivity index (χ2n) is 5.94. The number of anilines is 1. The fourth-order valence-electron chi connectivity index (χ4n) is 2.91. The monoisotopic (exact) mass is 293 g/mol. The molecular weight excluding hydrogens is 270 g/mol. The van der Waals surface area contributed by atoms with E-state index in [0.29, 0.717) is 0 Å². The van der Waals surface area contributed by atoms with E-state index in [1.165, 1.54) is 11.3 Å². The highest BCUT2D eigenvalue weighted by molar-refractivity contribution is 5.86. The van der Waals surface area contributed by atoms with Gasteiger partial charge in [-0.15, -0.1) is 0 Å². The van der Waals surface area contributed by atoms with Crippen molar-refractivity contribution in [2.24, 2.45) is 4.99 Å². The molecule has 0 amide bonds. The normalized spacial score (nSPS) is 17.2. The van der Waals surface area contributed by atoms with E-state index in [4.69, 9.17) is 10.7 Å². The third-order valence-corrected chi connectivity index (χ3v) is 4.28. The molecule has 1 aliphatic heterocycles. The summed E-state index contributed by atoms with van der Waals surface area (Å²) in [5.41, 5.74) is 10.6. The summed E-state index contributed by atoms with van der Waals surface area (Å²) in [4.78, 5) is 7.44. The number of hydrogen-bond donors (Lipinski definition) is 1. The van der Waals surface area contributed by atoms with Crippen molar-refractivity contribution in [3.63, 3.8) is 0 Å². The standard InChI is InChI=1S/C19H23N3/c1-22-13-11-16(12-14-22)21-19(15-7-3-2-4-8-15)17-9-5-6-10-18(17)20/h2-10,19H,11-14,20H2,1H3. The van der Waals surface area contributed by atoms with Gasteiger partial charge in [0.1, 0.15) is 6.04 Å². The molecule has 0 aliphatic carbocycles. The maximum absolute atomic E-state index is 6.21. The van der Waals surface area contributed by atoms with Crippen molar-refractivity contribution in [2.75, 3.05) is 25.9 Å². The predicted octanol–water partition coefficient (Wildman–Crippen LogP) is 3.52. The van der Waals surface area contributed by atoms with Gasteiger partial charge in [0.25, 0.3) is 0 Å². The zero-order chi connectivity index (χ0) is 15.4. The van der Waals surface area contributed by atoms with Gasteiger partial charge in [0.15, 0.2) is 0 Å². The number of hydrogen-bond acceptors (Lipinski definition) is 3. The summed E-state index contributed by atoms with van der Waals surface area (Å²) in [6.07, 6.45) is 2.10. The molecule has 2 aromatic rings. The van der Waals surface area contributed by atoms with Crippen LogP contribution in [0.4, 0.5) is 5.69 Å². The molecule has 0 radical (unpaired) electrons. The molecule has 114 valence electrons. The average Bonchev–Trinajstić information content (AvgIpc) is 2.56. The molecule has 0 saturated carbocycles. The molecule has 3 nitrogen and oxygen atoms in total. The maximum Gasteiger partial charge on any atom is 0.102 e. The molecule has 3 rings (SSSR count). The summed E-state index contributed by atoms with van der Waals surface area (Å²) >= 11 is 0. The first kappa shape index (κ1) is 14.8. The third-order valence-electron chi connectivity index (χ3n) is 4.28. The van der Waals surface area contributed by atoms with Crippen molar-refractivity contribution in [1.82, 2.24) is 4.90 Å². The summed E-state index contributed by atoms with van der Waals surface area (Å²) < 4.78 is 0. The van der Waals surface area contributed by atoms with Crippen LogP contribution in [0.3, 0.4) is 0 Å². The van der Waals surface area contributed by atoms with Crippen molar-refractivity contribution in [3.8, 4) is 0 Å². The van der Waals surface area contributed by atoms with Gasteiger partial charge in [0.2, 0.25) is 0 Å². The fraction of sp³-hybridized carbons (Fsp3) is 0.316. The second-order valence-corrected chi connectivity index (χ2v) is 5.94. The predicted molar refractivity (Wildman–Crippen MR) is 93.3 cm³/mol. The van der Waals surface area contributed by atoms with E-state index in [9.17, 15) is 0 Å². The Morgan fingerprint density at radius 1 is 0.955 bits per heavy atom. The Balaban J connectivity index is 1.97. The minimum absolute atomic E-state index is 0.000746. The molecule has 1 atom stereocenters. The van der Waals surface area contributed by atoms with Crippen LogP contribution >= 0.6 is 0 Å². The Labute approximate surface area is 132 Å². The maximum atomic E-state index is 6.21. The van der Waals surface area contributed by atoms with Crippen LogP contribution in [-0.4, -0.2) is 30.7 Å². The van der Waals surface area contributed by atoms with E-state index in [1.807, 2.05) is 24.3 Å². The molecule has 2 N–H and O–H groups in total. The first-order valence-electron chi connectivity index (χ1n) is 7.87. The molecule has 2 aromatic carbocycles. The van der Waals surface area contributed by atoms with E-state index in [2.05, 4.69) is 42.3 Å². The van der Waals surface area contributed by atoms with Gasteiger partial charge in [0, 0.05) is 30.1 Å². The topological polar surface area (TPSA) is 41.6 Å². The van der Waals surface area contributed by atoms with E-state index in [0.717, 1.165) is 37.2 Å². The molecular formula is C19H23N3. The number of aliphatic imine (C=N–C) groups is 1. The summed E-state index contributed by atoms with van der Waals surface area (Å²) in [6.45, 7) is 2.18. The zero-order valence-corrected chi connectivity index (χ0v) is 13.1. The molecule has 0 spiro atoms. The smallest absolute Gasteiger partial charge is 0.102 e. The quantitative estimate of drug-likeness (QED) is 0.880. The highest BCUT2D eigenvalue weighted by atomic mass is 15.1. The molecule has 0 aromatic heterocycles. The van der Waals surface area contributed by atoms with Gasteiger partial charge >= 0.3 is 0 Å². The Hall–Kier alpha value is -2.13. The number of nitrogen functional groups attached to an aromatic ring is 1. The lowest BCUT2D eigenvalue weighted by Gasteiger charge is -2.25. The van der Waals surface area contributed by atoms with Crippen molar-refractivity contribution in [1.29, 1.82) is 0 Å². The van der Waals surface area contributed by atoms with Crippen LogP contribution in [0.2, 0.25) is 0 Å². The van der Waals surface area contributed by atoms with Gasteiger partial charge in [-0.3, -0.25) is 4.99 Å². The highest BCUT2D eigenvalue weighted by Gasteiger charge is 2.18. The van der Waals surface area contributed by atoms with Crippen LogP contribution in [0.15, 0.2) is 59.6 Å². The van der Waals surface area contributed by atoms with Gasteiger partial charge in [-0.05, 0) is 31.5 Å². The third kappa shape index (κ3) is 3.37. The van der Waals surface area contributed by atoms with Crippen LogP contribution < -0.4 is 5.73 Å².